The highest BCUT2D eigenvalue weighted by Crippen LogP contribution is 2.19. The molecule has 0 aliphatic heterocycles. The van der Waals surface area contributed by atoms with Crippen molar-refractivity contribution in [1.29, 1.82) is 5.26 Å². The number of nitriles is 1. The minimum atomic E-state index is 0.315. The van der Waals surface area contributed by atoms with E-state index in [1.165, 1.54) is 0 Å². The van der Waals surface area contributed by atoms with E-state index in [1.54, 1.807) is 23.0 Å². The molecule has 19 heavy (non-hydrogen) atoms. The molecule has 0 aliphatic rings. The predicted octanol–water partition coefficient (Wildman–Crippen LogP) is 1.58. The number of anilines is 1. The van der Waals surface area contributed by atoms with Crippen molar-refractivity contribution >= 4 is 16.6 Å². The molecule has 0 bridgehead atoms. The van der Waals surface area contributed by atoms with Crippen molar-refractivity contribution in [1.82, 2.24) is 19.7 Å². The number of hydrogen-bond donors (Lipinski definition) is 1. The van der Waals surface area contributed by atoms with Gasteiger partial charge in [0, 0.05) is 16.8 Å². The van der Waals surface area contributed by atoms with Gasteiger partial charge in [-0.15, -0.1) is 0 Å². The summed E-state index contributed by atoms with van der Waals surface area (Å²) >= 11 is 0. The van der Waals surface area contributed by atoms with E-state index >= 15 is 0 Å². The predicted molar refractivity (Wildman–Crippen MR) is 70.5 cm³/mol. The van der Waals surface area contributed by atoms with Crippen molar-refractivity contribution in [3.05, 3.63) is 41.9 Å². The number of fused-ring (bicyclic) bond motifs is 1. The number of nitrogens with zero attached hydrogens (tertiary/aromatic N) is 5. The number of benzene rings is 1. The Balaban J connectivity index is 2.27. The average molecular weight is 250 g/mol. The molecule has 0 aliphatic carbocycles. The van der Waals surface area contributed by atoms with E-state index in [0.29, 0.717) is 23.0 Å². The fourth-order valence-electron chi connectivity index (χ4n) is 1.90. The third-order valence-corrected chi connectivity index (χ3v) is 2.74. The highest BCUT2D eigenvalue weighted by atomic mass is 15.3. The topological polar surface area (TPSA) is 93.4 Å². The van der Waals surface area contributed by atoms with Crippen LogP contribution in [0.25, 0.3) is 16.9 Å². The molecule has 0 saturated heterocycles. The van der Waals surface area contributed by atoms with Crippen molar-refractivity contribution in [3.63, 3.8) is 0 Å². The smallest absolute Gasteiger partial charge is 0.252 e. The number of rotatable bonds is 1. The number of aromatic nitrogens is 4. The molecule has 2 aromatic heterocycles. The monoisotopic (exact) mass is 250 g/mol. The molecule has 92 valence electrons. The van der Waals surface area contributed by atoms with Gasteiger partial charge < -0.3 is 5.73 Å². The summed E-state index contributed by atoms with van der Waals surface area (Å²) in [6.45, 7) is 1.81. The summed E-state index contributed by atoms with van der Waals surface area (Å²) in [5.74, 6) is 0.372. The van der Waals surface area contributed by atoms with Crippen LogP contribution in [0.4, 0.5) is 5.69 Å². The second kappa shape index (κ2) is 4.07. The van der Waals surface area contributed by atoms with Crippen molar-refractivity contribution in [2.45, 2.75) is 6.92 Å². The summed E-state index contributed by atoms with van der Waals surface area (Å²) in [5, 5.41) is 14.1. The number of aryl methyl sites for hydroxylation is 1. The van der Waals surface area contributed by atoms with Crippen LogP contribution in [0.5, 0.6) is 0 Å². The van der Waals surface area contributed by atoms with Gasteiger partial charge in [0.25, 0.3) is 5.95 Å². The number of nitrogens with two attached hydrogens (primary N) is 1. The zero-order valence-corrected chi connectivity index (χ0v) is 10.2. The molecule has 6 heteroatoms. The van der Waals surface area contributed by atoms with Crippen molar-refractivity contribution in [2.24, 2.45) is 0 Å². The normalized spacial score (nSPS) is 10.5. The second-order valence-corrected chi connectivity index (χ2v) is 4.18. The fraction of sp³-hybridized carbons (Fsp3) is 0.0769. The Kier molecular flexibility index (Phi) is 2.39. The van der Waals surface area contributed by atoms with Gasteiger partial charge in [0.1, 0.15) is 11.8 Å². The lowest BCUT2D eigenvalue weighted by atomic mass is 10.2. The Labute approximate surface area is 109 Å². The van der Waals surface area contributed by atoms with Gasteiger partial charge in [-0.1, -0.05) is 0 Å². The first-order valence-electron chi connectivity index (χ1n) is 5.67. The zero-order valence-electron chi connectivity index (χ0n) is 10.2. The lowest BCUT2D eigenvalue weighted by Crippen LogP contribution is -2.05. The van der Waals surface area contributed by atoms with Crippen LogP contribution in [0.3, 0.4) is 0 Å². The Hall–Kier alpha value is -2.94. The van der Waals surface area contributed by atoms with Crippen LogP contribution in [0.1, 0.15) is 11.4 Å². The molecule has 0 fully saturated rings. The highest BCUT2D eigenvalue weighted by Gasteiger charge is 2.09. The lowest BCUT2D eigenvalue weighted by molar-refractivity contribution is 0.821. The van der Waals surface area contributed by atoms with Crippen LogP contribution < -0.4 is 5.73 Å². The van der Waals surface area contributed by atoms with E-state index < -0.39 is 0 Å². The van der Waals surface area contributed by atoms with Crippen LogP contribution in [-0.2, 0) is 0 Å². The van der Waals surface area contributed by atoms with Crippen LogP contribution in [0, 0.1) is 18.3 Å². The van der Waals surface area contributed by atoms with E-state index in [9.17, 15) is 0 Å². The third kappa shape index (κ3) is 1.87. The molecular weight excluding hydrogens is 240 g/mol. The molecule has 2 heterocycles. The zero-order chi connectivity index (χ0) is 13.4. The minimum absolute atomic E-state index is 0.315. The van der Waals surface area contributed by atoms with Gasteiger partial charge in [-0.3, -0.25) is 0 Å². The Morgan fingerprint density at radius 2 is 2.11 bits per heavy atom. The molecule has 3 aromatic rings. The first kappa shape index (κ1) is 11.2. The van der Waals surface area contributed by atoms with Crippen molar-refractivity contribution in [2.75, 3.05) is 5.73 Å². The van der Waals surface area contributed by atoms with Crippen molar-refractivity contribution < 1.29 is 0 Å². The Morgan fingerprint density at radius 3 is 2.89 bits per heavy atom. The van der Waals surface area contributed by atoms with Gasteiger partial charge >= 0.3 is 0 Å². The SMILES string of the molecule is Cc1cc(C#N)nc(-n2ncc3ccc(N)cc32)n1. The van der Waals surface area contributed by atoms with Crippen LogP contribution in [0.2, 0.25) is 0 Å². The van der Waals surface area contributed by atoms with E-state index in [2.05, 4.69) is 15.1 Å². The summed E-state index contributed by atoms with van der Waals surface area (Å²) in [5.41, 5.74) is 8.27. The highest BCUT2D eigenvalue weighted by molar-refractivity contribution is 5.82. The fourth-order valence-corrected chi connectivity index (χ4v) is 1.90. The lowest BCUT2D eigenvalue weighted by Gasteiger charge is -2.03. The molecule has 0 saturated carbocycles. The van der Waals surface area contributed by atoms with Crippen LogP contribution in [-0.4, -0.2) is 19.7 Å². The maximum Gasteiger partial charge on any atom is 0.252 e. The quantitative estimate of drug-likeness (QED) is 0.662. The maximum absolute atomic E-state index is 8.95. The molecule has 3 rings (SSSR count). The maximum atomic E-state index is 8.95. The van der Waals surface area contributed by atoms with E-state index in [0.717, 1.165) is 10.9 Å². The summed E-state index contributed by atoms with van der Waals surface area (Å²) in [6, 6.07) is 9.14. The van der Waals surface area contributed by atoms with E-state index in [-0.39, 0.29) is 0 Å². The molecule has 0 radical (unpaired) electrons. The first-order valence-corrected chi connectivity index (χ1v) is 5.67. The summed E-state index contributed by atoms with van der Waals surface area (Å²) in [6.07, 6.45) is 1.71. The summed E-state index contributed by atoms with van der Waals surface area (Å²) < 4.78 is 1.58. The molecule has 0 unspecified atom stereocenters. The van der Waals surface area contributed by atoms with Gasteiger partial charge in [0.2, 0.25) is 0 Å². The Morgan fingerprint density at radius 1 is 1.26 bits per heavy atom. The van der Waals surface area contributed by atoms with Crippen LogP contribution >= 0.6 is 0 Å². The molecule has 0 amide bonds. The molecule has 6 nitrogen and oxygen atoms in total. The van der Waals surface area contributed by atoms with Crippen LogP contribution in [0.15, 0.2) is 30.5 Å². The van der Waals surface area contributed by atoms with E-state index in [1.807, 2.05) is 25.1 Å². The Bertz CT molecular complexity index is 812. The van der Waals surface area contributed by atoms with E-state index in [4.69, 9.17) is 11.0 Å². The second-order valence-electron chi connectivity index (χ2n) is 4.18. The molecule has 2 N–H and O–H groups in total. The summed E-state index contributed by atoms with van der Waals surface area (Å²) in [7, 11) is 0. The minimum Gasteiger partial charge on any atom is -0.399 e. The first-order chi connectivity index (χ1) is 9.17. The largest absolute Gasteiger partial charge is 0.399 e. The standard InChI is InChI=1S/C13H10N6/c1-8-4-11(6-14)18-13(17-8)19-12-5-10(15)3-2-9(12)7-16-19/h2-5,7H,15H2,1H3. The number of hydrogen-bond acceptors (Lipinski definition) is 5. The van der Waals surface area contributed by atoms with Crippen molar-refractivity contribution in [3.8, 4) is 12.0 Å². The van der Waals surface area contributed by atoms with Gasteiger partial charge in [-0.05, 0) is 31.2 Å². The molecular formula is C13H10N6. The van der Waals surface area contributed by atoms with Gasteiger partial charge in [-0.2, -0.15) is 15.0 Å². The average Bonchev–Trinajstić information content (AvgIpc) is 2.80. The molecule has 0 spiro atoms. The molecule has 1 aromatic carbocycles. The van der Waals surface area contributed by atoms with Gasteiger partial charge in [-0.25, -0.2) is 9.97 Å². The molecule has 0 atom stereocenters. The number of nitrogen functional groups attached to an aromatic ring is 1. The van der Waals surface area contributed by atoms with Gasteiger partial charge in [0.05, 0.1) is 11.7 Å². The summed E-state index contributed by atoms with van der Waals surface area (Å²) in [4.78, 5) is 8.46. The third-order valence-electron chi connectivity index (χ3n) is 2.74. The van der Waals surface area contributed by atoms with Gasteiger partial charge in [0.15, 0.2) is 0 Å².